The number of anilines is 1. The standard InChI is InChI=1S/C34H35N5O16S3/c35-23-10-8-20-28(21-9-11-24(36)32(58(51,52)53)30(21)54-29(20)31(23)57(49,50)38-15-4-16-56(46,47)48)19-7-6-18(17-22(19)34(44)45)33(43)37-14-3-1-2-5-27(42)55-39-25(40)12-13-26(39)41/h6-11,17,36,38H,1-5,12-16,35H2,(H,37,43)(H,44,45)(H,46,47,48)(H,51,52,53). The van der Waals surface area contributed by atoms with Crippen molar-refractivity contribution in [3.8, 4) is 22.5 Å². The Hall–Kier alpha value is -5.79. The molecule has 0 saturated carbocycles. The summed E-state index contributed by atoms with van der Waals surface area (Å²) in [5, 5.41) is 20.7. The Morgan fingerprint density at radius 3 is 2.17 bits per heavy atom. The number of hydrogen-bond donors (Lipinski definition) is 7. The summed E-state index contributed by atoms with van der Waals surface area (Å²) in [5.41, 5.74) is 3.77. The van der Waals surface area contributed by atoms with E-state index in [1.165, 1.54) is 24.3 Å². The van der Waals surface area contributed by atoms with E-state index < -0.39 is 110 Å². The highest BCUT2D eigenvalue weighted by molar-refractivity contribution is 7.90. The Morgan fingerprint density at radius 1 is 0.862 bits per heavy atom. The topological polar surface area (TPSA) is 348 Å². The van der Waals surface area contributed by atoms with Crippen LogP contribution in [-0.2, 0) is 49.5 Å². The number of carbonyl (C=O) groups is 5. The lowest BCUT2D eigenvalue weighted by atomic mass is 9.89. The second-order valence-electron chi connectivity index (χ2n) is 12.8. The third-order valence-electron chi connectivity index (χ3n) is 8.72. The van der Waals surface area contributed by atoms with E-state index in [0.717, 1.165) is 18.2 Å². The van der Waals surface area contributed by atoms with Crippen LogP contribution >= 0.6 is 0 Å². The van der Waals surface area contributed by atoms with E-state index in [0.29, 0.717) is 24.3 Å². The zero-order chi connectivity index (χ0) is 42.7. The SMILES string of the molecule is N=c1ccc2c(-c3ccc(C(=O)NCCCCCC(=O)ON4C(=O)CCC4=O)cc3C(=O)O)c3ccc(N)c(S(=O)(=O)NCCCS(=O)(=O)O)c3oc-2c1S(=O)(=O)O. The van der Waals surface area contributed by atoms with E-state index in [-0.39, 0.29) is 59.9 Å². The molecule has 2 aliphatic heterocycles. The maximum Gasteiger partial charge on any atom is 0.336 e. The predicted octanol–water partition coefficient (Wildman–Crippen LogP) is 1.66. The van der Waals surface area contributed by atoms with Gasteiger partial charge in [0.1, 0.15) is 4.90 Å². The third-order valence-corrected chi connectivity index (χ3v) is 12.0. The van der Waals surface area contributed by atoms with Crippen LogP contribution in [0, 0.1) is 5.41 Å². The molecule has 0 aromatic heterocycles. The first-order valence-electron chi connectivity index (χ1n) is 17.1. The van der Waals surface area contributed by atoms with Crippen molar-refractivity contribution in [3.05, 3.63) is 58.9 Å². The fourth-order valence-corrected chi connectivity index (χ4v) is 8.67. The van der Waals surface area contributed by atoms with Crippen molar-refractivity contribution in [2.75, 3.05) is 24.6 Å². The quantitative estimate of drug-likeness (QED) is 0.0261. The van der Waals surface area contributed by atoms with Crippen molar-refractivity contribution in [3.63, 3.8) is 0 Å². The number of rotatable bonds is 17. The lowest BCUT2D eigenvalue weighted by molar-refractivity contribution is -0.197. The molecule has 8 N–H and O–H groups in total. The molecule has 1 saturated heterocycles. The molecule has 0 atom stereocenters. The maximum atomic E-state index is 13.6. The summed E-state index contributed by atoms with van der Waals surface area (Å²) in [7, 11) is -14.5. The van der Waals surface area contributed by atoms with E-state index in [2.05, 4.69) is 10.0 Å². The van der Waals surface area contributed by atoms with Crippen molar-refractivity contribution < 1.29 is 72.7 Å². The van der Waals surface area contributed by atoms with E-state index in [9.17, 15) is 58.9 Å². The molecule has 2 aromatic carbocycles. The fraction of sp³-hybridized carbons (Fsp3) is 0.294. The van der Waals surface area contributed by atoms with Crippen LogP contribution in [-0.4, -0.2) is 93.0 Å². The Balaban J connectivity index is 1.48. The van der Waals surface area contributed by atoms with Gasteiger partial charge in [0, 0.05) is 54.4 Å². The third kappa shape index (κ3) is 9.66. The summed E-state index contributed by atoms with van der Waals surface area (Å²) in [6.45, 7) is -0.439. The first-order chi connectivity index (χ1) is 27.1. The number of nitrogens with zero attached hydrogens (tertiary/aromatic N) is 1. The molecule has 1 aliphatic carbocycles. The van der Waals surface area contributed by atoms with Gasteiger partial charge in [-0.15, -0.1) is 5.06 Å². The van der Waals surface area contributed by atoms with Crippen molar-refractivity contribution >= 4 is 76.6 Å². The van der Waals surface area contributed by atoms with Crippen molar-refractivity contribution in [1.82, 2.24) is 15.1 Å². The normalized spacial score (nSPS) is 13.7. The van der Waals surface area contributed by atoms with E-state index in [1.807, 2.05) is 0 Å². The van der Waals surface area contributed by atoms with Gasteiger partial charge in [-0.25, -0.2) is 22.7 Å². The number of sulfonamides is 1. The van der Waals surface area contributed by atoms with Gasteiger partial charge in [0.05, 0.1) is 22.4 Å². The minimum atomic E-state index is -5.27. The molecule has 0 radical (unpaired) electrons. The van der Waals surface area contributed by atoms with Crippen LogP contribution in [0.15, 0.2) is 56.7 Å². The highest BCUT2D eigenvalue weighted by Gasteiger charge is 2.34. The molecule has 0 unspecified atom stereocenters. The highest BCUT2D eigenvalue weighted by Crippen LogP contribution is 2.45. The summed E-state index contributed by atoms with van der Waals surface area (Å²) >= 11 is 0. The molecule has 3 amide bonds. The van der Waals surface area contributed by atoms with Gasteiger partial charge in [0.15, 0.2) is 16.2 Å². The van der Waals surface area contributed by atoms with Crippen LogP contribution in [0.1, 0.15) is 65.7 Å². The zero-order valence-electron chi connectivity index (χ0n) is 30.0. The fourth-order valence-electron chi connectivity index (χ4n) is 6.10. The summed E-state index contributed by atoms with van der Waals surface area (Å²) in [6, 6.07) is 7.99. The molecule has 1 fully saturated rings. The number of aromatic carboxylic acids is 1. The van der Waals surface area contributed by atoms with Gasteiger partial charge in [0.25, 0.3) is 38.0 Å². The summed E-state index contributed by atoms with van der Waals surface area (Å²) in [6.07, 6.45) is 0.517. The molecule has 0 spiro atoms. The van der Waals surface area contributed by atoms with Crippen molar-refractivity contribution in [2.24, 2.45) is 0 Å². The molecule has 5 rings (SSSR count). The van der Waals surface area contributed by atoms with Crippen molar-refractivity contribution in [1.29, 1.82) is 5.41 Å². The Kier molecular flexibility index (Phi) is 12.7. The number of hydroxylamine groups is 2. The number of nitrogens with one attached hydrogen (secondary N) is 3. The number of nitrogen functional groups attached to an aromatic ring is 1. The average molecular weight is 866 g/mol. The number of hydrogen-bond acceptors (Lipinski definition) is 15. The lowest BCUT2D eigenvalue weighted by Gasteiger charge is -2.21. The predicted molar refractivity (Wildman–Crippen MR) is 200 cm³/mol. The summed E-state index contributed by atoms with van der Waals surface area (Å²) in [5.74, 6) is -5.83. The second kappa shape index (κ2) is 17.0. The van der Waals surface area contributed by atoms with Gasteiger partial charge in [0.2, 0.25) is 10.0 Å². The maximum absolute atomic E-state index is 13.6. The van der Waals surface area contributed by atoms with E-state index in [4.69, 9.17) is 25.0 Å². The number of carbonyl (C=O) groups excluding carboxylic acids is 4. The van der Waals surface area contributed by atoms with Crippen LogP contribution in [0.2, 0.25) is 0 Å². The zero-order valence-corrected chi connectivity index (χ0v) is 32.5. The molecule has 24 heteroatoms. The molecular weight excluding hydrogens is 831 g/mol. The number of carboxylic acid groups (broad SMARTS) is 1. The molecule has 3 aliphatic rings. The van der Waals surface area contributed by atoms with Crippen LogP contribution in [0.4, 0.5) is 5.69 Å². The largest absolute Gasteiger partial charge is 0.478 e. The van der Waals surface area contributed by atoms with E-state index >= 15 is 0 Å². The Bertz CT molecular complexity index is 2720. The Morgan fingerprint density at radius 2 is 1.53 bits per heavy atom. The van der Waals surface area contributed by atoms with E-state index in [1.54, 1.807) is 0 Å². The van der Waals surface area contributed by atoms with Gasteiger partial charge >= 0.3 is 11.9 Å². The lowest BCUT2D eigenvalue weighted by Crippen LogP contribution is -2.31. The minimum absolute atomic E-state index is 0.0433. The van der Waals surface area contributed by atoms with Gasteiger partial charge in [-0.2, -0.15) is 16.8 Å². The molecular formula is C34H35N5O16S3. The van der Waals surface area contributed by atoms with Gasteiger partial charge in [-0.3, -0.25) is 28.9 Å². The number of imide groups is 1. The number of nitrogens with two attached hydrogens (primary N) is 1. The average Bonchev–Trinajstić information content (AvgIpc) is 3.44. The van der Waals surface area contributed by atoms with Crippen molar-refractivity contribution in [2.45, 2.75) is 54.7 Å². The van der Waals surface area contributed by atoms with Crippen LogP contribution in [0.3, 0.4) is 0 Å². The number of unbranched alkanes of at least 4 members (excludes halogenated alkanes) is 2. The molecule has 0 bridgehead atoms. The highest BCUT2D eigenvalue weighted by atomic mass is 32.2. The van der Waals surface area contributed by atoms with Crippen LogP contribution < -0.4 is 21.1 Å². The molecule has 2 aromatic rings. The molecule has 310 valence electrons. The number of amides is 3. The smallest absolute Gasteiger partial charge is 0.336 e. The number of benzene rings is 3. The van der Waals surface area contributed by atoms with Gasteiger partial charge in [-0.1, -0.05) is 12.5 Å². The number of fused-ring (bicyclic) bond motifs is 2. The summed E-state index contributed by atoms with van der Waals surface area (Å²) in [4.78, 5) is 64.0. The van der Waals surface area contributed by atoms with Gasteiger partial charge < -0.3 is 25.4 Å². The minimum Gasteiger partial charge on any atom is -0.478 e. The van der Waals surface area contributed by atoms with Crippen LogP contribution in [0.25, 0.3) is 33.4 Å². The first kappa shape index (κ1) is 43.3. The van der Waals surface area contributed by atoms with Gasteiger partial charge in [-0.05, 0) is 61.2 Å². The number of carboxylic acids is 1. The second-order valence-corrected chi connectivity index (χ2v) is 17.5. The molecule has 58 heavy (non-hydrogen) atoms. The first-order valence-corrected chi connectivity index (χ1v) is 21.7. The molecule has 2 heterocycles. The summed E-state index contributed by atoms with van der Waals surface area (Å²) < 4.78 is 102. The molecule has 21 nitrogen and oxygen atoms in total. The Labute approximate surface area is 329 Å². The van der Waals surface area contributed by atoms with Crippen LogP contribution in [0.5, 0.6) is 0 Å². The monoisotopic (exact) mass is 865 g/mol.